The van der Waals surface area contributed by atoms with Crippen LogP contribution < -0.4 is 20.9 Å². The number of hydrogen-bond acceptors (Lipinski definition) is 10. The number of hydrogen-bond donors (Lipinski definition) is 0. The first-order valence-corrected chi connectivity index (χ1v) is 19.1. The van der Waals surface area contributed by atoms with Crippen molar-refractivity contribution in [1.29, 1.82) is 42.1 Å². The second-order valence-electron chi connectivity index (χ2n) is 13.5. The molecule has 0 N–H and O–H groups in total. The maximum atomic E-state index is 8.63. The second kappa shape index (κ2) is 19.0. The van der Waals surface area contributed by atoms with Crippen molar-refractivity contribution in [3.05, 3.63) is 179 Å². The third-order valence-electron chi connectivity index (χ3n) is 10.1. The fourth-order valence-corrected chi connectivity index (χ4v) is 7.11. The van der Waals surface area contributed by atoms with Gasteiger partial charge in [0.1, 0.15) is 70.8 Å². The summed E-state index contributed by atoms with van der Waals surface area (Å²) in [7, 11) is 0. The Labute approximate surface area is 364 Å². The lowest BCUT2D eigenvalue weighted by Crippen LogP contribution is -2.11. The summed E-state index contributed by atoms with van der Waals surface area (Å²) in [5.41, 5.74) is 4.54. The van der Waals surface area contributed by atoms with Crippen LogP contribution in [0.5, 0.6) is 0 Å². The first-order valence-electron chi connectivity index (χ1n) is 19.1. The highest BCUT2D eigenvalue weighted by Crippen LogP contribution is 2.33. The van der Waals surface area contributed by atoms with Gasteiger partial charge in [-0.05, 0) is 24.3 Å². The summed E-state index contributed by atoms with van der Waals surface area (Å²) in [6.07, 6.45) is 3.75. The van der Waals surface area contributed by atoms with Gasteiger partial charge in [0, 0.05) is 42.4 Å². The van der Waals surface area contributed by atoms with E-state index in [2.05, 4.69) is 106 Å². The zero-order valence-corrected chi connectivity index (χ0v) is 33.4. The molecule has 0 aliphatic heterocycles. The summed E-state index contributed by atoms with van der Waals surface area (Å²) >= 11 is 0. The van der Waals surface area contributed by atoms with Crippen molar-refractivity contribution >= 4 is 65.9 Å². The average molecular weight is 819 g/mol. The number of para-hydroxylation sites is 4. The van der Waals surface area contributed by atoms with Crippen molar-refractivity contribution in [3.63, 3.8) is 0 Å². The van der Waals surface area contributed by atoms with Gasteiger partial charge in [-0.15, -0.1) is 0 Å². The summed E-state index contributed by atoms with van der Waals surface area (Å²) in [6, 6.07) is 60.2. The van der Waals surface area contributed by atoms with E-state index in [-0.39, 0.29) is 22.3 Å². The van der Waals surface area contributed by atoms with Gasteiger partial charge in [-0.1, -0.05) is 121 Å². The van der Waals surface area contributed by atoms with Crippen LogP contribution in [0.2, 0.25) is 0 Å². The van der Waals surface area contributed by atoms with E-state index < -0.39 is 0 Å². The van der Waals surface area contributed by atoms with E-state index in [0.29, 0.717) is 20.9 Å². The van der Waals surface area contributed by atoms with Crippen LogP contribution in [-0.4, -0.2) is 19.1 Å². The quantitative estimate of drug-likeness (QED) is 0.177. The summed E-state index contributed by atoms with van der Waals surface area (Å²) in [5.74, 6) is 1.62. The van der Waals surface area contributed by atoms with Crippen LogP contribution >= 0.6 is 0 Å². The van der Waals surface area contributed by atoms with Crippen molar-refractivity contribution in [2.24, 2.45) is 0 Å². The Balaban J connectivity index is 0.000000162. The minimum Gasteiger partial charge on any atom is -0.293 e. The SMILES string of the molecule is N#CC(C#N)=c1ccc(=C(C#N)C#N)cc1.N#CC(C#N)=c1ccc(=C(C#N)C#N)cc1.c1ccc2c(c1)c1ccccc1n2-c1cnc(-n2c3ccccc3c3ccccc32)cn1. The van der Waals surface area contributed by atoms with Crippen LogP contribution in [0.4, 0.5) is 0 Å². The molecule has 0 aliphatic carbocycles. The van der Waals surface area contributed by atoms with Crippen LogP contribution in [0.25, 0.3) is 77.5 Å². The van der Waals surface area contributed by atoms with Crippen LogP contribution in [0.1, 0.15) is 0 Å². The summed E-state index contributed by atoms with van der Waals surface area (Å²) in [5, 5.41) is 75.8. The molecule has 0 unspecified atom stereocenters. The van der Waals surface area contributed by atoms with Gasteiger partial charge < -0.3 is 0 Å². The molecule has 0 spiro atoms. The number of nitriles is 8. The molecule has 0 radical (unpaired) electrons. The molecule has 0 atom stereocenters. The summed E-state index contributed by atoms with van der Waals surface area (Å²) in [4.78, 5) is 9.74. The van der Waals surface area contributed by atoms with Crippen molar-refractivity contribution in [3.8, 4) is 60.2 Å². The minimum absolute atomic E-state index is 0.00187. The molecule has 0 amide bonds. The van der Waals surface area contributed by atoms with Crippen LogP contribution in [0, 0.1) is 90.6 Å². The van der Waals surface area contributed by atoms with Gasteiger partial charge in [-0.3, -0.25) is 9.13 Å². The van der Waals surface area contributed by atoms with E-state index in [9.17, 15) is 0 Å². The molecule has 0 fully saturated rings. The van der Waals surface area contributed by atoms with Gasteiger partial charge in [0.15, 0.2) is 11.6 Å². The van der Waals surface area contributed by atoms with E-state index in [1.54, 1.807) is 48.6 Å². The number of nitrogens with zero attached hydrogens (tertiary/aromatic N) is 12. The summed E-state index contributed by atoms with van der Waals surface area (Å²) in [6.45, 7) is 0. The number of benzene rings is 6. The maximum absolute atomic E-state index is 8.63. The molecule has 3 aromatic heterocycles. The highest BCUT2D eigenvalue weighted by Gasteiger charge is 2.15. The van der Waals surface area contributed by atoms with Crippen molar-refractivity contribution in [2.75, 3.05) is 0 Å². The monoisotopic (exact) mass is 818 g/mol. The summed E-state index contributed by atoms with van der Waals surface area (Å²) < 4.78 is 4.38. The first-order chi connectivity index (χ1) is 31.4. The Morgan fingerprint density at radius 2 is 0.500 bits per heavy atom. The molecule has 64 heavy (non-hydrogen) atoms. The molecule has 9 aromatic rings. The molecule has 0 aliphatic rings. The van der Waals surface area contributed by atoms with Gasteiger partial charge in [0.2, 0.25) is 0 Å². The zero-order chi connectivity index (χ0) is 45.0. The molecule has 0 saturated carbocycles. The standard InChI is InChI=1S/C28H18N4.2C12H4N4/c1-5-13-23-19(9-1)20-10-2-6-14-24(20)31(23)27-17-30-28(18-29-27)32-25-15-7-3-11-21(25)22-12-4-8-16-26(22)32;2*13-5-11(6-14)9-1-2-10(4-3-9)12(7-15)8-16/h1-18H;2*1-4H. The highest BCUT2D eigenvalue weighted by molar-refractivity contribution is 6.10. The smallest absolute Gasteiger partial charge is 0.156 e. The average Bonchev–Trinajstić information content (AvgIpc) is 3.88. The molecular weight excluding hydrogens is 793 g/mol. The minimum atomic E-state index is 0.00187. The topological polar surface area (TPSA) is 226 Å². The van der Waals surface area contributed by atoms with Gasteiger partial charge in [-0.25, -0.2) is 9.97 Å². The molecule has 9 rings (SSSR count). The van der Waals surface area contributed by atoms with E-state index in [1.807, 2.05) is 12.4 Å². The Hall–Kier alpha value is -10.6. The third kappa shape index (κ3) is 8.04. The van der Waals surface area contributed by atoms with E-state index in [4.69, 9.17) is 52.1 Å². The van der Waals surface area contributed by atoms with Crippen molar-refractivity contribution in [2.45, 2.75) is 0 Å². The van der Waals surface area contributed by atoms with Crippen molar-refractivity contribution < 1.29 is 0 Å². The molecule has 294 valence electrons. The van der Waals surface area contributed by atoms with E-state index in [0.717, 1.165) is 33.7 Å². The first kappa shape index (κ1) is 41.6. The van der Waals surface area contributed by atoms with E-state index >= 15 is 0 Å². The predicted molar refractivity (Wildman–Crippen MR) is 241 cm³/mol. The van der Waals surface area contributed by atoms with Gasteiger partial charge >= 0.3 is 0 Å². The number of rotatable bonds is 2. The molecule has 12 heteroatoms. The van der Waals surface area contributed by atoms with Crippen LogP contribution in [0.3, 0.4) is 0 Å². The Kier molecular flexibility index (Phi) is 12.3. The fourth-order valence-electron chi connectivity index (χ4n) is 7.11. The lowest BCUT2D eigenvalue weighted by atomic mass is 10.1. The van der Waals surface area contributed by atoms with Gasteiger partial charge in [0.25, 0.3) is 0 Å². The Morgan fingerprint density at radius 1 is 0.297 bits per heavy atom. The highest BCUT2D eigenvalue weighted by atomic mass is 15.1. The second-order valence-corrected chi connectivity index (χ2v) is 13.5. The predicted octanol–water partition coefficient (Wildman–Crippen LogP) is 6.84. The lowest BCUT2D eigenvalue weighted by molar-refractivity contribution is 0.989. The number of fused-ring (bicyclic) bond motifs is 6. The molecule has 3 heterocycles. The van der Waals surface area contributed by atoms with Crippen LogP contribution in [-0.2, 0) is 0 Å². The lowest BCUT2D eigenvalue weighted by Gasteiger charge is -2.09. The molecule has 0 bridgehead atoms. The maximum Gasteiger partial charge on any atom is 0.156 e. The van der Waals surface area contributed by atoms with Crippen LogP contribution in [0.15, 0.2) is 158 Å². The third-order valence-corrected chi connectivity index (χ3v) is 10.1. The fraction of sp³-hybridized carbons (Fsp3) is 0. The molecule has 12 nitrogen and oxygen atoms in total. The Bertz CT molecular complexity index is 3350. The zero-order valence-electron chi connectivity index (χ0n) is 33.4. The largest absolute Gasteiger partial charge is 0.293 e. The Morgan fingerprint density at radius 3 is 0.688 bits per heavy atom. The molecule has 6 aromatic carbocycles. The number of aromatic nitrogens is 4. The van der Waals surface area contributed by atoms with Gasteiger partial charge in [-0.2, -0.15) is 42.1 Å². The molecule has 0 saturated heterocycles. The normalized spacial score (nSPS) is 9.75. The molecular formula is C52H26N12. The van der Waals surface area contributed by atoms with E-state index in [1.165, 1.54) is 70.1 Å². The van der Waals surface area contributed by atoms with Gasteiger partial charge in [0.05, 0.1) is 34.5 Å². The van der Waals surface area contributed by atoms with Crippen molar-refractivity contribution in [1.82, 2.24) is 19.1 Å².